The quantitative estimate of drug-likeness (QED) is 0.444. The van der Waals surface area contributed by atoms with Crippen molar-refractivity contribution >= 4 is 30.8 Å². The molecule has 1 atom stereocenters. The van der Waals surface area contributed by atoms with Crippen molar-refractivity contribution in [3.63, 3.8) is 0 Å². The summed E-state index contributed by atoms with van der Waals surface area (Å²) in [6.07, 6.45) is 2.65. The van der Waals surface area contributed by atoms with Crippen LogP contribution in [0.1, 0.15) is 6.42 Å². The second-order valence-corrected chi connectivity index (χ2v) is 4.98. The average molecular weight is 245 g/mol. The Kier molecular flexibility index (Phi) is 5.93. The van der Waals surface area contributed by atoms with E-state index in [0.717, 1.165) is 0 Å². The summed E-state index contributed by atoms with van der Waals surface area (Å²) in [6, 6.07) is 0. The third-order valence-electron chi connectivity index (χ3n) is 1.28. The lowest BCUT2D eigenvalue weighted by Gasteiger charge is -2.10. The van der Waals surface area contributed by atoms with Gasteiger partial charge in [0.25, 0.3) is 0 Å². The summed E-state index contributed by atoms with van der Waals surface area (Å²) in [5.41, 5.74) is 0. The van der Waals surface area contributed by atoms with Crippen molar-refractivity contribution in [2.45, 2.75) is 11.8 Å². The number of alkyl halides is 2. The van der Waals surface area contributed by atoms with Gasteiger partial charge in [-0.3, -0.25) is 4.57 Å². The van der Waals surface area contributed by atoms with Crippen LogP contribution in [0.15, 0.2) is 24.0 Å². The molecular formula is C7H11Cl2O3P. The lowest BCUT2D eigenvalue weighted by atomic mass is 10.3. The van der Waals surface area contributed by atoms with Gasteiger partial charge in [-0.1, -0.05) is 18.7 Å². The van der Waals surface area contributed by atoms with E-state index in [1.165, 1.54) is 12.2 Å². The fourth-order valence-corrected chi connectivity index (χ4v) is 1.84. The molecule has 2 N–H and O–H groups in total. The molecule has 0 amide bonds. The predicted octanol–water partition coefficient (Wildman–Crippen LogP) is 2.47. The van der Waals surface area contributed by atoms with E-state index in [9.17, 15) is 4.57 Å². The zero-order chi connectivity index (χ0) is 10.5. The SMILES string of the molecule is C=CC=C(CC(Cl)CCl)P(=O)(O)O. The van der Waals surface area contributed by atoms with Gasteiger partial charge in [0.2, 0.25) is 0 Å². The molecule has 0 aliphatic carbocycles. The van der Waals surface area contributed by atoms with E-state index in [-0.39, 0.29) is 17.6 Å². The highest BCUT2D eigenvalue weighted by molar-refractivity contribution is 7.56. The van der Waals surface area contributed by atoms with E-state index in [0.29, 0.717) is 0 Å². The minimum absolute atomic E-state index is 0.0387. The zero-order valence-corrected chi connectivity index (χ0v) is 9.27. The standard InChI is InChI=1S/C7H11Cl2O3P/c1-2-3-7(13(10,11)12)4-6(9)5-8/h2-3,6H,1,4-5H2,(H2,10,11,12). The van der Waals surface area contributed by atoms with Crippen LogP contribution in [0.4, 0.5) is 0 Å². The van der Waals surface area contributed by atoms with E-state index < -0.39 is 13.0 Å². The molecule has 0 rings (SSSR count). The zero-order valence-electron chi connectivity index (χ0n) is 6.86. The van der Waals surface area contributed by atoms with E-state index in [4.69, 9.17) is 33.0 Å². The Labute approximate surface area is 87.2 Å². The summed E-state index contributed by atoms with van der Waals surface area (Å²) in [7, 11) is -4.21. The van der Waals surface area contributed by atoms with Crippen molar-refractivity contribution in [2.75, 3.05) is 5.88 Å². The Morgan fingerprint density at radius 2 is 2.15 bits per heavy atom. The molecule has 0 heterocycles. The average Bonchev–Trinajstić information content (AvgIpc) is 2.01. The Balaban J connectivity index is 4.56. The van der Waals surface area contributed by atoms with Gasteiger partial charge in [-0.15, -0.1) is 23.2 Å². The van der Waals surface area contributed by atoms with Crippen LogP contribution < -0.4 is 0 Å². The van der Waals surface area contributed by atoms with Gasteiger partial charge in [0.1, 0.15) is 0 Å². The van der Waals surface area contributed by atoms with Gasteiger partial charge in [0, 0.05) is 11.2 Å². The molecule has 1 unspecified atom stereocenters. The second kappa shape index (κ2) is 5.84. The van der Waals surface area contributed by atoms with Crippen LogP contribution in [-0.2, 0) is 4.57 Å². The summed E-state index contributed by atoms with van der Waals surface area (Å²) in [4.78, 5) is 17.7. The number of allylic oxidation sites excluding steroid dienone is 3. The Morgan fingerprint density at radius 1 is 1.62 bits per heavy atom. The smallest absolute Gasteiger partial charge is 0.321 e. The Morgan fingerprint density at radius 3 is 2.46 bits per heavy atom. The molecule has 13 heavy (non-hydrogen) atoms. The normalized spacial score (nSPS) is 15.5. The Hall–Kier alpha value is 0.210. The van der Waals surface area contributed by atoms with Crippen LogP contribution in [0.2, 0.25) is 0 Å². The van der Waals surface area contributed by atoms with Crippen molar-refractivity contribution in [1.29, 1.82) is 0 Å². The van der Waals surface area contributed by atoms with Crippen LogP contribution in [0.25, 0.3) is 0 Å². The van der Waals surface area contributed by atoms with Gasteiger partial charge in [0.15, 0.2) is 0 Å². The maximum Gasteiger partial charge on any atom is 0.352 e. The molecule has 0 saturated carbocycles. The molecule has 3 nitrogen and oxygen atoms in total. The van der Waals surface area contributed by atoms with E-state index in [2.05, 4.69) is 6.58 Å². The summed E-state index contributed by atoms with van der Waals surface area (Å²) >= 11 is 11.1. The first-order chi connectivity index (χ1) is 5.91. The monoisotopic (exact) mass is 244 g/mol. The summed E-state index contributed by atoms with van der Waals surface area (Å²) < 4.78 is 10.8. The molecule has 0 aromatic heterocycles. The second-order valence-electron chi connectivity index (χ2n) is 2.39. The molecule has 0 fully saturated rings. The van der Waals surface area contributed by atoms with Gasteiger partial charge < -0.3 is 9.79 Å². The largest absolute Gasteiger partial charge is 0.352 e. The molecule has 6 heteroatoms. The van der Waals surface area contributed by atoms with Crippen LogP contribution >= 0.6 is 30.8 Å². The summed E-state index contributed by atoms with van der Waals surface area (Å²) in [5, 5.41) is -0.511. The van der Waals surface area contributed by atoms with Crippen molar-refractivity contribution in [1.82, 2.24) is 0 Å². The highest BCUT2D eigenvalue weighted by Gasteiger charge is 2.22. The molecule has 76 valence electrons. The highest BCUT2D eigenvalue weighted by atomic mass is 35.5. The van der Waals surface area contributed by atoms with E-state index in [1.54, 1.807) is 0 Å². The van der Waals surface area contributed by atoms with Crippen LogP contribution in [0, 0.1) is 0 Å². The first kappa shape index (κ1) is 13.2. The predicted molar refractivity (Wildman–Crippen MR) is 55.3 cm³/mol. The van der Waals surface area contributed by atoms with Crippen molar-refractivity contribution < 1.29 is 14.4 Å². The minimum atomic E-state index is -4.21. The number of rotatable bonds is 5. The van der Waals surface area contributed by atoms with Crippen molar-refractivity contribution in [3.8, 4) is 0 Å². The topological polar surface area (TPSA) is 57.5 Å². The van der Waals surface area contributed by atoms with Crippen molar-refractivity contribution in [2.24, 2.45) is 0 Å². The third kappa shape index (κ3) is 5.50. The van der Waals surface area contributed by atoms with Crippen molar-refractivity contribution in [3.05, 3.63) is 24.0 Å². The lowest BCUT2D eigenvalue weighted by Crippen LogP contribution is -2.02. The molecule has 0 aliphatic heterocycles. The molecule has 0 radical (unpaired) electrons. The first-order valence-electron chi connectivity index (χ1n) is 3.49. The maximum absolute atomic E-state index is 10.8. The molecule has 0 aromatic carbocycles. The number of hydrogen-bond donors (Lipinski definition) is 2. The summed E-state index contributed by atoms with van der Waals surface area (Å²) in [6.45, 7) is 3.35. The molecule has 0 bridgehead atoms. The van der Waals surface area contributed by atoms with Crippen LogP contribution in [0.5, 0.6) is 0 Å². The van der Waals surface area contributed by atoms with E-state index >= 15 is 0 Å². The molecule has 0 spiro atoms. The number of hydrogen-bond acceptors (Lipinski definition) is 1. The lowest BCUT2D eigenvalue weighted by molar-refractivity contribution is 0.380. The minimum Gasteiger partial charge on any atom is -0.321 e. The maximum atomic E-state index is 10.8. The van der Waals surface area contributed by atoms with Gasteiger partial charge >= 0.3 is 7.60 Å². The molecular weight excluding hydrogens is 234 g/mol. The number of halogens is 2. The first-order valence-corrected chi connectivity index (χ1v) is 6.08. The molecule has 0 aliphatic rings. The highest BCUT2D eigenvalue weighted by Crippen LogP contribution is 2.47. The molecule has 0 saturated heterocycles. The van der Waals surface area contributed by atoms with Gasteiger partial charge in [0.05, 0.1) is 5.38 Å². The van der Waals surface area contributed by atoms with Gasteiger partial charge in [-0.2, -0.15) is 0 Å². The van der Waals surface area contributed by atoms with Crippen LogP contribution in [-0.4, -0.2) is 21.0 Å². The molecule has 0 aromatic rings. The Bertz CT molecular complexity index is 246. The fraction of sp³-hybridized carbons (Fsp3) is 0.429. The van der Waals surface area contributed by atoms with Gasteiger partial charge in [-0.05, 0) is 6.42 Å². The summed E-state index contributed by atoms with van der Waals surface area (Å²) in [5.74, 6) is 0.149. The third-order valence-corrected chi connectivity index (χ3v) is 3.20. The van der Waals surface area contributed by atoms with Gasteiger partial charge in [-0.25, -0.2) is 0 Å². The fourth-order valence-electron chi connectivity index (χ4n) is 0.702. The van der Waals surface area contributed by atoms with E-state index in [1.807, 2.05) is 0 Å². The van der Waals surface area contributed by atoms with Crippen LogP contribution in [0.3, 0.4) is 0 Å².